The van der Waals surface area contributed by atoms with Crippen LogP contribution in [0.3, 0.4) is 0 Å². The highest BCUT2D eigenvalue weighted by atomic mass is 32.2. The summed E-state index contributed by atoms with van der Waals surface area (Å²) >= 11 is 1.32. The van der Waals surface area contributed by atoms with Gasteiger partial charge < -0.3 is 0 Å². The van der Waals surface area contributed by atoms with E-state index in [1.54, 1.807) is 13.8 Å². The predicted octanol–water partition coefficient (Wildman–Crippen LogP) is 2.75. The number of fused-ring (bicyclic) bond motifs is 1. The number of H-pyrrole nitrogens is 1. The molecule has 2 heterocycles. The van der Waals surface area contributed by atoms with Crippen LogP contribution in [-0.4, -0.2) is 23.6 Å². The number of anilines is 1. The number of hydrogen-bond donors (Lipinski definition) is 2. The van der Waals surface area contributed by atoms with Gasteiger partial charge in [0, 0.05) is 0 Å². The summed E-state index contributed by atoms with van der Waals surface area (Å²) in [5, 5.41) is 6.95. The number of aromatic nitrogens is 3. The molecule has 21 heavy (non-hydrogen) atoms. The summed E-state index contributed by atoms with van der Waals surface area (Å²) in [6.45, 7) is 5.32. The first-order chi connectivity index (χ1) is 9.87. The summed E-state index contributed by atoms with van der Waals surface area (Å²) in [4.78, 5) is 4.48. The lowest BCUT2D eigenvalue weighted by atomic mass is 10.2. The Labute approximate surface area is 126 Å². The smallest absolute Gasteiger partial charge is 0.267 e. The fraction of sp³-hybridized carbons (Fsp3) is 0.231. The van der Waals surface area contributed by atoms with Crippen LogP contribution >= 0.6 is 11.3 Å². The van der Waals surface area contributed by atoms with Crippen molar-refractivity contribution < 1.29 is 8.42 Å². The lowest BCUT2D eigenvalue weighted by molar-refractivity contribution is 0.600. The summed E-state index contributed by atoms with van der Waals surface area (Å²) in [5.41, 5.74) is 2.85. The normalized spacial score (nSPS) is 12.0. The van der Waals surface area contributed by atoms with Crippen LogP contribution in [0.25, 0.3) is 10.2 Å². The Kier molecular flexibility index (Phi) is 3.22. The quantitative estimate of drug-likeness (QED) is 0.776. The summed E-state index contributed by atoms with van der Waals surface area (Å²) in [7, 11) is -3.68. The van der Waals surface area contributed by atoms with Crippen LogP contribution in [0.4, 0.5) is 5.13 Å². The van der Waals surface area contributed by atoms with Gasteiger partial charge in [0.1, 0.15) is 4.90 Å². The van der Waals surface area contributed by atoms with Crippen LogP contribution in [0, 0.1) is 20.8 Å². The number of rotatable bonds is 3. The number of nitrogens with zero attached hydrogens (tertiary/aromatic N) is 2. The molecular weight excluding hydrogens is 308 g/mol. The molecule has 0 amide bonds. The second-order valence-corrected chi connectivity index (χ2v) is 7.51. The van der Waals surface area contributed by atoms with E-state index < -0.39 is 10.0 Å². The van der Waals surface area contributed by atoms with E-state index in [-0.39, 0.29) is 4.90 Å². The topological polar surface area (TPSA) is 87.7 Å². The number of thiazole rings is 1. The van der Waals surface area contributed by atoms with Gasteiger partial charge in [0.05, 0.1) is 21.6 Å². The van der Waals surface area contributed by atoms with Crippen molar-refractivity contribution in [2.45, 2.75) is 25.7 Å². The number of aromatic amines is 1. The zero-order valence-electron chi connectivity index (χ0n) is 11.8. The molecule has 3 rings (SSSR count). The molecule has 2 aromatic heterocycles. The molecule has 0 unspecified atom stereocenters. The molecule has 1 aromatic carbocycles. The molecule has 0 spiro atoms. The average Bonchev–Trinajstić information content (AvgIpc) is 2.91. The van der Waals surface area contributed by atoms with Crippen molar-refractivity contribution >= 4 is 36.7 Å². The van der Waals surface area contributed by atoms with Gasteiger partial charge in [0.25, 0.3) is 10.0 Å². The van der Waals surface area contributed by atoms with E-state index in [4.69, 9.17) is 0 Å². The second-order valence-electron chi connectivity index (χ2n) is 4.86. The van der Waals surface area contributed by atoms with Crippen LogP contribution < -0.4 is 4.72 Å². The van der Waals surface area contributed by atoms with Crippen molar-refractivity contribution in [1.82, 2.24) is 15.2 Å². The second kappa shape index (κ2) is 4.81. The standard InChI is InChI=1S/C13H14N4O2S2/c1-7-4-5-10-11(6-7)20-13(14-10)17-21(18,19)12-8(2)15-16-9(12)3/h4-6H,1-3H3,(H,14,17)(H,15,16). The van der Waals surface area contributed by atoms with E-state index in [0.29, 0.717) is 16.5 Å². The molecular formula is C13H14N4O2S2. The molecule has 2 N–H and O–H groups in total. The summed E-state index contributed by atoms with van der Waals surface area (Å²) < 4.78 is 28.4. The Balaban J connectivity index is 2.01. The summed E-state index contributed by atoms with van der Waals surface area (Å²) in [6, 6.07) is 5.82. The molecule has 6 nitrogen and oxygen atoms in total. The molecule has 0 saturated carbocycles. The molecule has 0 aliphatic carbocycles. The lowest BCUT2D eigenvalue weighted by Gasteiger charge is -2.04. The number of sulfonamides is 1. The van der Waals surface area contributed by atoms with Gasteiger partial charge in [-0.05, 0) is 38.5 Å². The van der Waals surface area contributed by atoms with Crippen molar-refractivity contribution in [3.05, 3.63) is 35.2 Å². The zero-order valence-corrected chi connectivity index (χ0v) is 13.4. The minimum absolute atomic E-state index is 0.179. The van der Waals surface area contributed by atoms with Crippen LogP contribution in [0.2, 0.25) is 0 Å². The largest absolute Gasteiger partial charge is 0.281 e. The van der Waals surface area contributed by atoms with E-state index in [1.807, 2.05) is 25.1 Å². The van der Waals surface area contributed by atoms with Crippen molar-refractivity contribution in [2.75, 3.05) is 4.72 Å². The molecule has 0 radical (unpaired) electrons. The molecule has 0 saturated heterocycles. The molecule has 0 aliphatic heterocycles. The van der Waals surface area contributed by atoms with E-state index in [2.05, 4.69) is 19.9 Å². The predicted molar refractivity (Wildman–Crippen MR) is 83.2 cm³/mol. The third-order valence-corrected chi connectivity index (χ3v) is 5.76. The zero-order chi connectivity index (χ0) is 15.2. The van der Waals surface area contributed by atoms with Gasteiger partial charge >= 0.3 is 0 Å². The highest BCUT2D eigenvalue weighted by Gasteiger charge is 2.23. The Hall–Kier alpha value is -1.93. The van der Waals surface area contributed by atoms with Crippen molar-refractivity contribution in [3.8, 4) is 0 Å². The monoisotopic (exact) mass is 322 g/mol. The lowest BCUT2D eigenvalue weighted by Crippen LogP contribution is -2.14. The van der Waals surface area contributed by atoms with Crippen LogP contribution in [0.15, 0.2) is 23.1 Å². The number of aryl methyl sites for hydroxylation is 3. The summed E-state index contributed by atoms with van der Waals surface area (Å²) in [6.07, 6.45) is 0. The number of hydrogen-bond acceptors (Lipinski definition) is 5. The SMILES string of the molecule is Cc1ccc2nc(NS(=O)(=O)c3c(C)n[nH]c3C)sc2c1. The maximum absolute atomic E-state index is 12.4. The van der Waals surface area contributed by atoms with E-state index in [1.165, 1.54) is 11.3 Å². The molecule has 0 fully saturated rings. The maximum atomic E-state index is 12.4. The first kappa shape index (κ1) is 14.0. The van der Waals surface area contributed by atoms with Gasteiger partial charge in [-0.3, -0.25) is 9.82 Å². The van der Waals surface area contributed by atoms with Crippen molar-refractivity contribution in [1.29, 1.82) is 0 Å². The van der Waals surface area contributed by atoms with Crippen LogP contribution in [0.1, 0.15) is 17.0 Å². The van der Waals surface area contributed by atoms with Crippen molar-refractivity contribution in [2.24, 2.45) is 0 Å². The minimum atomic E-state index is -3.68. The Morgan fingerprint density at radius 1 is 1.24 bits per heavy atom. The Bertz CT molecular complexity index is 905. The van der Waals surface area contributed by atoms with Gasteiger partial charge in [0.15, 0.2) is 5.13 Å². The number of nitrogens with one attached hydrogen (secondary N) is 2. The highest BCUT2D eigenvalue weighted by molar-refractivity contribution is 7.93. The van der Waals surface area contributed by atoms with Gasteiger partial charge in [-0.15, -0.1) is 0 Å². The van der Waals surface area contributed by atoms with Crippen molar-refractivity contribution in [3.63, 3.8) is 0 Å². The first-order valence-electron chi connectivity index (χ1n) is 6.28. The third-order valence-electron chi connectivity index (χ3n) is 3.09. The molecule has 8 heteroatoms. The third kappa shape index (κ3) is 2.52. The minimum Gasteiger partial charge on any atom is -0.281 e. The Morgan fingerprint density at radius 2 is 2.00 bits per heavy atom. The van der Waals surface area contributed by atoms with Crippen LogP contribution in [-0.2, 0) is 10.0 Å². The first-order valence-corrected chi connectivity index (χ1v) is 8.58. The molecule has 0 bridgehead atoms. The Morgan fingerprint density at radius 3 is 2.67 bits per heavy atom. The highest BCUT2D eigenvalue weighted by Crippen LogP contribution is 2.29. The molecule has 0 atom stereocenters. The fourth-order valence-corrected chi connectivity index (χ4v) is 4.75. The van der Waals surface area contributed by atoms with Crippen LogP contribution in [0.5, 0.6) is 0 Å². The van der Waals surface area contributed by atoms with Gasteiger partial charge in [-0.1, -0.05) is 17.4 Å². The maximum Gasteiger partial charge on any atom is 0.267 e. The molecule has 110 valence electrons. The van der Waals surface area contributed by atoms with Gasteiger partial charge in [-0.25, -0.2) is 13.4 Å². The summed E-state index contributed by atoms with van der Waals surface area (Å²) in [5.74, 6) is 0. The van der Waals surface area contributed by atoms with Gasteiger partial charge in [-0.2, -0.15) is 5.10 Å². The molecule has 3 aromatic rings. The fourth-order valence-electron chi connectivity index (χ4n) is 2.18. The van der Waals surface area contributed by atoms with Gasteiger partial charge in [0.2, 0.25) is 0 Å². The van der Waals surface area contributed by atoms with E-state index in [9.17, 15) is 8.42 Å². The number of benzene rings is 1. The average molecular weight is 322 g/mol. The van der Waals surface area contributed by atoms with E-state index >= 15 is 0 Å². The molecule has 0 aliphatic rings. The van der Waals surface area contributed by atoms with E-state index in [0.717, 1.165) is 15.8 Å².